The van der Waals surface area contributed by atoms with Crippen LogP contribution in [0.5, 0.6) is 5.75 Å². The molecule has 0 aliphatic rings. The van der Waals surface area contributed by atoms with E-state index in [0.29, 0.717) is 13.0 Å². The van der Waals surface area contributed by atoms with Gasteiger partial charge >= 0.3 is 5.97 Å². The van der Waals surface area contributed by atoms with Crippen LogP contribution in [0, 0.1) is 6.92 Å². The van der Waals surface area contributed by atoms with E-state index in [-0.39, 0.29) is 12.6 Å². The summed E-state index contributed by atoms with van der Waals surface area (Å²) >= 11 is 0. The maximum atomic E-state index is 11.9. The molecule has 5 heteroatoms. The largest absolute Gasteiger partial charge is 0.494 e. The molecule has 0 radical (unpaired) electrons. The summed E-state index contributed by atoms with van der Waals surface area (Å²) in [4.78, 5) is 11.9. The van der Waals surface area contributed by atoms with Crippen LogP contribution in [0.2, 0.25) is 0 Å². The average Bonchev–Trinajstić information content (AvgIpc) is 3.09. The molecule has 0 unspecified atom stereocenters. The summed E-state index contributed by atoms with van der Waals surface area (Å²) in [6.45, 7) is 2.90. The van der Waals surface area contributed by atoms with Gasteiger partial charge in [-0.25, -0.2) is 0 Å². The van der Waals surface area contributed by atoms with Crippen molar-refractivity contribution in [1.82, 2.24) is 10.2 Å². The number of carbonyl (C=O) groups is 1. The lowest BCUT2D eigenvalue weighted by molar-refractivity contribution is -0.145. The van der Waals surface area contributed by atoms with Crippen LogP contribution in [-0.2, 0) is 16.1 Å². The highest BCUT2D eigenvalue weighted by Crippen LogP contribution is 2.17. The molecule has 1 N–H and O–H groups in total. The molecule has 0 saturated carbocycles. The van der Waals surface area contributed by atoms with E-state index in [1.807, 2.05) is 49.4 Å². The summed E-state index contributed by atoms with van der Waals surface area (Å²) in [5.74, 6) is 0.683. The quantitative estimate of drug-likeness (QED) is 0.495. The number of esters is 1. The van der Waals surface area contributed by atoms with Crippen molar-refractivity contribution in [2.24, 2.45) is 0 Å². The Morgan fingerprint density at radius 1 is 1.16 bits per heavy atom. The number of carbonyl (C=O) groups excluding carboxylic acids is 1. The fourth-order valence-corrected chi connectivity index (χ4v) is 2.65. The van der Waals surface area contributed by atoms with Crippen molar-refractivity contribution in [3.05, 3.63) is 59.8 Å². The van der Waals surface area contributed by atoms with Gasteiger partial charge in [-0.05, 0) is 37.5 Å². The lowest BCUT2D eigenvalue weighted by Gasteiger charge is -2.07. The number of nitrogens with zero attached hydrogens (tertiary/aromatic N) is 1. The zero-order valence-corrected chi connectivity index (χ0v) is 14.3. The van der Waals surface area contributed by atoms with Gasteiger partial charge in [0.1, 0.15) is 12.4 Å². The van der Waals surface area contributed by atoms with Crippen molar-refractivity contribution in [2.45, 2.75) is 32.8 Å². The molecule has 0 aliphatic heterocycles. The second-order valence-corrected chi connectivity index (χ2v) is 6.03. The molecular formula is C20H22N2O3. The lowest BCUT2D eigenvalue weighted by Crippen LogP contribution is -2.06. The van der Waals surface area contributed by atoms with Gasteiger partial charge in [-0.2, -0.15) is 5.10 Å². The summed E-state index contributed by atoms with van der Waals surface area (Å²) in [7, 11) is 0. The van der Waals surface area contributed by atoms with Crippen molar-refractivity contribution in [1.29, 1.82) is 0 Å². The predicted octanol–water partition coefficient (Wildman–Crippen LogP) is 4.16. The van der Waals surface area contributed by atoms with E-state index in [9.17, 15) is 4.79 Å². The Kier molecular flexibility index (Phi) is 5.67. The molecule has 3 rings (SSSR count). The molecule has 0 aliphatic carbocycles. The number of para-hydroxylation sites is 1. The van der Waals surface area contributed by atoms with Crippen LogP contribution in [0.3, 0.4) is 0 Å². The molecule has 0 saturated heterocycles. The standard InChI is InChI=1S/C20H22N2O3/c1-15-6-4-9-18(12-15)24-11-3-2-10-19(23)25-14-17-8-5-7-16-13-21-22-20(16)17/h4-9,12-13H,2-3,10-11,14H2,1H3,(H,21,22). The fourth-order valence-electron chi connectivity index (χ4n) is 2.65. The summed E-state index contributed by atoms with van der Waals surface area (Å²) < 4.78 is 11.0. The van der Waals surface area contributed by atoms with Crippen LogP contribution >= 0.6 is 0 Å². The van der Waals surface area contributed by atoms with E-state index in [0.717, 1.165) is 35.1 Å². The molecule has 2 aromatic carbocycles. The molecule has 0 bridgehead atoms. The molecule has 1 heterocycles. The molecule has 0 atom stereocenters. The maximum Gasteiger partial charge on any atom is 0.306 e. The number of unbranched alkanes of at least 4 members (excludes halogenated alkanes) is 1. The minimum Gasteiger partial charge on any atom is -0.494 e. The second-order valence-electron chi connectivity index (χ2n) is 6.03. The topological polar surface area (TPSA) is 64.2 Å². The third-order valence-corrected chi connectivity index (χ3v) is 3.99. The van der Waals surface area contributed by atoms with Gasteiger partial charge < -0.3 is 9.47 Å². The van der Waals surface area contributed by atoms with Crippen molar-refractivity contribution in [2.75, 3.05) is 6.61 Å². The SMILES string of the molecule is Cc1cccc(OCCCCC(=O)OCc2cccc3cn[nH]c23)c1. The number of H-pyrrole nitrogens is 1. The van der Waals surface area contributed by atoms with E-state index in [1.165, 1.54) is 5.56 Å². The molecule has 25 heavy (non-hydrogen) atoms. The number of fused-ring (bicyclic) bond motifs is 1. The predicted molar refractivity (Wildman–Crippen MR) is 96.4 cm³/mol. The van der Waals surface area contributed by atoms with Gasteiger partial charge in [0.05, 0.1) is 18.3 Å². The third-order valence-electron chi connectivity index (χ3n) is 3.99. The summed E-state index contributed by atoms with van der Waals surface area (Å²) in [5.41, 5.74) is 3.03. The van der Waals surface area contributed by atoms with E-state index >= 15 is 0 Å². The van der Waals surface area contributed by atoms with Gasteiger partial charge in [0.15, 0.2) is 0 Å². The lowest BCUT2D eigenvalue weighted by atomic mass is 10.1. The second kappa shape index (κ2) is 8.33. The highest BCUT2D eigenvalue weighted by molar-refractivity contribution is 5.81. The Bertz CT molecular complexity index is 842. The Morgan fingerprint density at radius 3 is 2.92 bits per heavy atom. The van der Waals surface area contributed by atoms with Gasteiger partial charge in [0.2, 0.25) is 0 Å². The number of aromatic amines is 1. The van der Waals surface area contributed by atoms with E-state index in [2.05, 4.69) is 10.2 Å². The highest BCUT2D eigenvalue weighted by atomic mass is 16.5. The number of aryl methyl sites for hydroxylation is 1. The Labute approximate surface area is 147 Å². The van der Waals surface area contributed by atoms with Gasteiger partial charge in [0, 0.05) is 17.4 Å². The van der Waals surface area contributed by atoms with Crippen LogP contribution in [0.1, 0.15) is 30.4 Å². The normalized spacial score (nSPS) is 10.8. The first kappa shape index (κ1) is 17.0. The molecule has 3 aromatic rings. The number of benzene rings is 2. The van der Waals surface area contributed by atoms with Crippen LogP contribution in [0.25, 0.3) is 10.9 Å². The van der Waals surface area contributed by atoms with Gasteiger partial charge in [-0.3, -0.25) is 9.89 Å². The van der Waals surface area contributed by atoms with Crippen LogP contribution in [-0.4, -0.2) is 22.8 Å². The van der Waals surface area contributed by atoms with E-state index in [4.69, 9.17) is 9.47 Å². The first-order valence-electron chi connectivity index (χ1n) is 8.48. The van der Waals surface area contributed by atoms with Crippen molar-refractivity contribution < 1.29 is 14.3 Å². The number of nitrogens with one attached hydrogen (secondary N) is 1. The minimum atomic E-state index is -0.188. The van der Waals surface area contributed by atoms with Crippen molar-refractivity contribution in [3.8, 4) is 5.75 Å². The van der Waals surface area contributed by atoms with Gasteiger partial charge in [-0.1, -0.05) is 30.3 Å². The Balaban J connectivity index is 1.35. The smallest absolute Gasteiger partial charge is 0.306 e. The van der Waals surface area contributed by atoms with Gasteiger partial charge in [-0.15, -0.1) is 0 Å². The average molecular weight is 338 g/mol. The molecule has 1 aromatic heterocycles. The molecule has 0 amide bonds. The van der Waals surface area contributed by atoms with Crippen LogP contribution in [0.4, 0.5) is 0 Å². The highest BCUT2D eigenvalue weighted by Gasteiger charge is 2.07. The number of hydrogen-bond donors (Lipinski definition) is 1. The number of aromatic nitrogens is 2. The summed E-state index contributed by atoms with van der Waals surface area (Å²) in [5, 5.41) is 7.96. The van der Waals surface area contributed by atoms with Gasteiger partial charge in [0.25, 0.3) is 0 Å². The Hall–Kier alpha value is -2.82. The first-order valence-corrected chi connectivity index (χ1v) is 8.48. The molecule has 130 valence electrons. The van der Waals surface area contributed by atoms with E-state index in [1.54, 1.807) is 6.20 Å². The summed E-state index contributed by atoms with van der Waals surface area (Å²) in [6.07, 6.45) is 3.73. The van der Waals surface area contributed by atoms with Crippen molar-refractivity contribution in [3.63, 3.8) is 0 Å². The third kappa shape index (κ3) is 4.83. The number of rotatable bonds is 8. The zero-order chi connectivity index (χ0) is 17.5. The zero-order valence-electron chi connectivity index (χ0n) is 14.3. The van der Waals surface area contributed by atoms with Crippen LogP contribution < -0.4 is 4.74 Å². The van der Waals surface area contributed by atoms with Crippen LogP contribution in [0.15, 0.2) is 48.7 Å². The number of ether oxygens (including phenoxy) is 2. The maximum absolute atomic E-state index is 11.9. The fraction of sp³-hybridized carbons (Fsp3) is 0.300. The van der Waals surface area contributed by atoms with Crippen molar-refractivity contribution >= 4 is 16.9 Å². The number of hydrogen-bond acceptors (Lipinski definition) is 4. The molecular weight excluding hydrogens is 316 g/mol. The monoisotopic (exact) mass is 338 g/mol. The summed E-state index contributed by atoms with van der Waals surface area (Å²) in [6, 6.07) is 13.8. The first-order chi connectivity index (χ1) is 12.2. The molecule has 0 fully saturated rings. The van der Waals surface area contributed by atoms with E-state index < -0.39 is 0 Å². The molecule has 5 nitrogen and oxygen atoms in total. The molecule has 0 spiro atoms. The minimum absolute atomic E-state index is 0.188. The Morgan fingerprint density at radius 2 is 2.04 bits per heavy atom.